The molecule has 19 heavy (non-hydrogen) atoms. The molecule has 0 saturated heterocycles. The first-order valence-electron chi connectivity index (χ1n) is 6.78. The maximum absolute atomic E-state index is 11.5. The number of hydrogen-bond acceptors (Lipinski definition) is 5. The summed E-state index contributed by atoms with van der Waals surface area (Å²) in [6, 6.07) is 0.104. The zero-order chi connectivity index (χ0) is 14.0. The van der Waals surface area contributed by atoms with E-state index in [1.807, 2.05) is 0 Å². The Hall–Kier alpha value is -1.17. The normalized spacial score (nSPS) is 24.2. The van der Waals surface area contributed by atoms with Gasteiger partial charge in [-0.05, 0) is 12.8 Å². The van der Waals surface area contributed by atoms with Gasteiger partial charge in [-0.15, -0.1) is 0 Å². The maximum Gasteiger partial charge on any atom is 0.222 e. The van der Waals surface area contributed by atoms with Crippen LogP contribution in [0.1, 0.15) is 52.3 Å². The van der Waals surface area contributed by atoms with Crippen molar-refractivity contribution < 1.29 is 4.79 Å². The molecule has 1 fully saturated rings. The lowest BCUT2D eigenvalue weighted by Crippen LogP contribution is -2.40. The van der Waals surface area contributed by atoms with Crippen molar-refractivity contribution in [3.8, 4) is 0 Å². The number of aromatic nitrogens is 2. The largest absolute Gasteiger partial charge is 0.369 e. The number of primary amides is 1. The van der Waals surface area contributed by atoms with Crippen LogP contribution >= 0.6 is 11.5 Å². The standard InChI is InChI=1S/C13H22N4OS/c1-13(2,3)11-16-12(19-17-11)15-9-7-5-4-6-8(9)10(14)18/h8-9H,4-7H2,1-3H3,(H2,14,18)(H,15,16,17). The third-order valence-electron chi connectivity index (χ3n) is 3.54. The van der Waals surface area contributed by atoms with Crippen molar-refractivity contribution in [1.29, 1.82) is 0 Å². The molecule has 0 spiro atoms. The van der Waals surface area contributed by atoms with Crippen molar-refractivity contribution in [2.24, 2.45) is 11.7 Å². The average Bonchev–Trinajstić information content (AvgIpc) is 2.77. The lowest BCUT2D eigenvalue weighted by atomic mass is 9.84. The minimum Gasteiger partial charge on any atom is -0.369 e. The molecule has 1 aromatic rings. The fraction of sp³-hybridized carbons (Fsp3) is 0.769. The fourth-order valence-corrected chi connectivity index (χ4v) is 3.21. The fourth-order valence-electron chi connectivity index (χ4n) is 2.39. The number of amides is 1. The predicted octanol–water partition coefficient (Wildman–Crippen LogP) is 2.29. The van der Waals surface area contributed by atoms with Crippen molar-refractivity contribution in [1.82, 2.24) is 9.36 Å². The molecule has 1 aliphatic rings. The number of rotatable bonds is 3. The SMILES string of the molecule is CC(C)(C)c1nsc(NC2CCCCC2C(N)=O)n1. The van der Waals surface area contributed by atoms with Gasteiger partial charge in [0, 0.05) is 23.0 Å². The molecule has 106 valence electrons. The molecule has 2 atom stereocenters. The van der Waals surface area contributed by atoms with Gasteiger partial charge >= 0.3 is 0 Å². The van der Waals surface area contributed by atoms with Gasteiger partial charge in [0.15, 0.2) is 0 Å². The van der Waals surface area contributed by atoms with Gasteiger partial charge in [-0.3, -0.25) is 4.79 Å². The van der Waals surface area contributed by atoms with Crippen LogP contribution in [0.25, 0.3) is 0 Å². The van der Waals surface area contributed by atoms with Gasteiger partial charge in [-0.25, -0.2) is 4.98 Å². The van der Waals surface area contributed by atoms with Crippen LogP contribution in [0.5, 0.6) is 0 Å². The average molecular weight is 282 g/mol. The number of nitrogens with two attached hydrogens (primary N) is 1. The van der Waals surface area contributed by atoms with Crippen molar-refractivity contribution >= 4 is 22.6 Å². The van der Waals surface area contributed by atoms with Gasteiger partial charge in [-0.2, -0.15) is 4.37 Å². The molecule has 0 radical (unpaired) electrons. The van der Waals surface area contributed by atoms with Crippen LogP contribution < -0.4 is 11.1 Å². The van der Waals surface area contributed by atoms with E-state index in [0.29, 0.717) is 0 Å². The Morgan fingerprint density at radius 3 is 2.63 bits per heavy atom. The topological polar surface area (TPSA) is 80.9 Å². The van der Waals surface area contributed by atoms with E-state index < -0.39 is 0 Å². The molecular weight excluding hydrogens is 260 g/mol. The highest BCUT2D eigenvalue weighted by atomic mass is 32.1. The lowest BCUT2D eigenvalue weighted by Gasteiger charge is -2.29. The summed E-state index contributed by atoms with van der Waals surface area (Å²) < 4.78 is 4.37. The summed E-state index contributed by atoms with van der Waals surface area (Å²) in [4.78, 5) is 16.0. The van der Waals surface area contributed by atoms with Crippen LogP contribution in [0.2, 0.25) is 0 Å². The van der Waals surface area contributed by atoms with Crippen molar-refractivity contribution in [3.63, 3.8) is 0 Å². The summed E-state index contributed by atoms with van der Waals surface area (Å²) in [5.74, 6) is 0.542. The van der Waals surface area contributed by atoms with Crippen molar-refractivity contribution in [3.05, 3.63) is 5.82 Å². The lowest BCUT2D eigenvalue weighted by molar-refractivity contribution is -0.122. The molecule has 1 aromatic heterocycles. The zero-order valence-corrected chi connectivity index (χ0v) is 12.6. The van der Waals surface area contributed by atoms with Gasteiger partial charge in [0.05, 0.1) is 5.92 Å². The van der Waals surface area contributed by atoms with E-state index in [1.54, 1.807) is 0 Å². The summed E-state index contributed by atoms with van der Waals surface area (Å²) in [5.41, 5.74) is 5.42. The molecule has 1 amide bonds. The van der Waals surface area contributed by atoms with Crippen LogP contribution in [0.3, 0.4) is 0 Å². The highest BCUT2D eigenvalue weighted by Gasteiger charge is 2.30. The van der Waals surface area contributed by atoms with Gasteiger partial charge < -0.3 is 11.1 Å². The van der Waals surface area contributed by atoms with E-state index in [9.17, 15) is 4.79 Å². The van der Waals surface area contributed by atoms with Crippen LogP contribution in [-0.2, 0) is 10.2 Å². The highest BCUT2D eigenvalue weighted by Crippen LogP contribution is 2.29. The molecule has 2 rings (SSSR count). The number of carbonyl (C=O) groups is 1. The van der Waals surface area contributed by atoms with Gasteiger partial charge in [-0.1, -0.05) is 33.6 Å². The molecule has 3 N–H and O–H groups in total. The molecule has 2 unspecified atom stereocenters. The third-order valence-corrected chi connectivity index (χ3v) is 4.18. The minimum atomic E-state index is -0.210. The summed E-state index contributed by atoms with van der Waals surface area (Å²) >= 11 is 1.36. The predicted molar refractivity (Wildman–Crippen MR) is 77.2 cm³/mol. The molecular formula is C13H22N4OS. The Kier molecular flexibility index (Phi) is 4.08. The summed E-state index contributed by atoms with van der Waals surface area (Å²) in [6.45, 7) is 6.27. The third kappa shape index (κ3) is 3.43. The second kappa shape index (κ2) is 5.45. The Labute approximate surface area is 118 Å². The van der Waals surface area contributed by atoms with Gasteiger partial charge in [0.1, 0.15) is 5.82 Å². The second-order valence-corrected chi connectivity index (χ2v) is 6.97. The summed E-state index contributed by atoms with van der Waals surface area (Å²) in [5, 5.41) is 4.14. The van der Waals surface area contributed by atoms with Crippen LogP contribution in [0.4, 0.5) is 5.13 Å². The summed E-state index contributed by atoms with van der Waals surface area (Å²) in [7, 11) is 0. The number of nitrogens with one attached hydrogen (secondary N) is 1. The van der Waals surface area contributed by atoms with Crippen LogP contribution in [0.15, 0.2) is 0 Å². The Bertz CT molecular complexity index is 452. The minimum absolute atomic E-state index is 0.0495. The van der Waals surface area contributed by atoms with E-state index in [-0.39, 0.29) is 23.3 Å². The second-order valence-electron chi connectivity index (χ2n) is 6.22. The van der Waals surface area contributed by atoms with E-state index in [4.69, 9.17) is 5.73 Å². The van der Waals surface area contributed by atoms with E-state index in [1.165, 1.54) is 11.5 Å². The Balaban J connectivity index is 2.07. The monoisotopic (exact) mass is 282 g/mol. The zero-order valence-electron chi connectivity index (χ0n) is 11.8. The van der Waals surface area contributed by atoms with E-state index in [2.05, 4.69) is 35.4 Å². The number of carbonyl (C=O) groups excluding carboxylic acids is 1. The van der Waals surface area contributed by atoms with E-state index >= 15 is 0 Å². The Morgan fingerprint density at radius 2 is 2.05 bits per heavy atom. The smallest absolute Gasteiger partial charge is 0.222 e. The first-order chi connectivity index (χ1) is 8.88. The first-order valence-corrected chi connectivity index (χ1v) is 7.55. The molecule has 1 saturated carbocycles. The van der Waals surface area contributed by atoms with Crippen LogP contribution in [0, 0.1) is 5.92 Å². The Morgan fingerprint density at radius 1 is 1.37 bits per heavy atom. The number of nitrogens with zero attached hydrogens (tertiary/aromatic N) is 2. The summed E-state index contributed by atoms with van der Waals surface area (Å²) in [6.07, 6.45) is 4.05. The molecule has 0 aromatic carbocycles. The highest BCUT2D eigenvalue weighted by molar-refractivity contribution is 7.09. The van der Waals surface area contributed by atoms with Crippen LogP contribution in [-0.4, -0.2) is 21.3 Å². The van der Waals surface area contributed by atoms with Crippen molar-refractivity contribution in [2.45, 2.75) is 57.9 Å². The molecule has 0 aliphatic heterocycles. The molecule has 6 heteroatoms. The number of hydrogen-bond donors (Lipinski definition) is 2. The molecule has 1 heterocycles. The maximum atomic E-state index is 11.5. The van der Waals surface area contributed by atoms with Crippen molar-refractivity contribution in [2.75, 3.05) is 5.32 Å². The van der Waals surface area contributed by atoms with E-state index in [0.717, 1.165) is 36.6 Å². The number of anilines is 1. The van der Waals surface area contributed by atoms with Gasteiger partial charge in [0.2, 0.25) is 11.0 Å². The molecule has 1 aliphatic carbocycles. The quantitative estimate of drug-likeness (QED) is 0.891. The first kappa shape index (κ1) is 14.2. The molecule has 0 bridgehead atoms. The molecule has 5 nitrogen and oxygen atoms in total. The van der Waals surface area contributed by atoms with Gasteiger partial charge in [0.25, 0.3) is 0 Å².